The van der Waals surface area contributed by atoms with Gasteiger partial charge in [-0.05, 0) is 60.5 Å². The van der Waals surface area contributed by atoms with Gasteiger partial charge in [-0.15, -0.1) is 11.3 Å². The normalized spacial score (nSPS) is 12.2. The van der Waals surface area contributed by atoms with Crippen LogP contribution in [0.2, 0.25) is 0 Å². The van der Waals surface area contributed by atoms with Crippen LogP contribution in [0.1, 0.15) is 15.2 Å². The molecule has 0 saturated carbocycles. The molecule has 1 aliphatic heterocycles. The quantitative estimate of drug-likeness (QED) is 0.614. The average molecular weight is 424 g/mol. The fourth-order valence-corrected chi connectivity index (χ4v) is 3.79. The molecule has 3 aromatic rings. The molecular formula is C22H20N2O5S. The van der Waals surface area contributed by atoms with Gasteiger partial charge in [-0.3, -0.25) is 20.4 Å². The largest absolute Gasteiger partial charge is 0.486 e. The third kappa shape index (κ3) is 4.72. The summed E-state index contributed by atoms with van der Waals surface area (Å²) in [6.45, 7) is 2.79. The molecule has 30 heavy (non-hydrogen) atoms. The molecule has 2 N–H and O–H groups in total. The van der Waals surface area contributed by atoms with Crippen molar-refractivity contribution in [3.63, 3.8) is 0 Å². The van der Waals surface area contributed by atoms with E-state index in [2.05, 4.69) is 10.9 Å². The van der Waals surface area contributed by atoms with E-state index in [-0.39, 0.29) is 6.61 Å². The zero-order valence-corrected chi connectivity index (χ0v) is 17.1. The number of ether oxygens (including phenoxy) is 3. The Kier molecular flexibility index (Phi) is 5.85. The second kappa shape index (κ2) is 8.87. The van der Waals surface area contributed by atoms with Crippen LogP contribution in [-0.4, -0.2) is 31.6 Å². The molecule has 0 atom stereocenters. The number of carbonyl (C=O) groups is 2. The van der Waals surface area contributed by atoms with E-state index in [0.717, 1.165) is 21.8 Å². The predicted octanol–water partition coefficient (Wildman–Crippen LogP) is 3.33. The molecule has 2 amide bonds. The van der Waals surface area contributed by atoms with Crippen LogP contribution in [0.25, 0.3) is 10.4 Å². The smallest absolute Gasteiger partial charge is 0.279 e. The Bertz CT molecular complexity index is 1080. The lowest BCUT2D eigenvalue weighted by molar-refractivity contribution is -0.123. The van der Waals surface area contributed by atoms with Gasteiger partial charge in [0.25, 0.3) is 11.8 Å². The molecule has 0 aliphatic carbocycles. The highest BCUT2D eigenvalue weighted by atomic mass is 32.1. The van der Waals surface area contributed by atoms with E-state index in [9.17, 15) is 9.59 Å². The molecule has 2 heterocycles. The number of amides is 2. The lowest BCUT2D eigenvalue weighted by Crippen LogP contribution is -2.43. The average Bonchev–Trinajstić information content (AvgIpc) is 3.26. The maximum Gasteiger partial charge on any atom is 0.279 e. The van der Waals surface area contributed by atoms with Crippen molar-refractivity contribution < 1.29 is 23.8 Å². The minimum atomic E-state index is -0.450. The minimum Gasteiger partial charge on any atom is -0.486 e. The van der Waals surface area contributed by atoms with Crippen LogP contribution in [0, 0.1) is 6.92 Å². The van der Waals surface area contributed by atoms with Crippen LogP contribution < -0.4 is 25.1 Å². The number of thiophene rings is 1. The van der Waals surface area contributed by atoms with E-state index in [1.807, 2.05) is 49.4 Å². The molecular weight excluding hydrogens is 404 g/mol. The number of benzene rings is 2. The van der Waals surface area contributed by atoms with E-state index in [1.54, 1.807) is 12.1 Å². The van der Waals surface area contributed by atoms with Gasteiger partial charge in [-0.1, -0.05) is 12.1 Å². The predicted molar refractivity (Wildman–Crippen MR) is 113 cm³/mol. The Balaban J connectivity index is 1.31. The number of nitrogens with one attached hydrogen (secondary N) is 2. The Morgan fingerprint density at radius 2 is 1.83 bits per heavy atom. The molecule has 0 fully saturated rings. The summed E-state index contributed by atoms with van der Waals surface area (Å²) in [6.07, 6.45) is 0. The molecule has 1 aromatic heterocycles. The minimum absolute atomic E-state index is 0.198. The Morgan fingerprint density at radius 3 is 2.67 bits per heavy atom. The lowest BCUT2D eigenvalue weighted by Gasteiger charge is -2.18. The van der Waals surface area contributed by atoms with Crippen molar-refractivity contribution in [2.45, 2.75) is 6.92 Å². The first-order valence-electron chi connectivity index (χ1n) is 9.37. The Morgan fingerprint density at radius 1 is 1.00 bits per heavy atom. The molecule has 2 aromatic carbocycles. The van der Waals surface area contributed by atoms with Crippen LogP contribution in [0.3, 0.4) is 0 Å². The van der Waals surface area contributed by atoms with Crippen LogP contribution in [0.5, 0.6) is 17.2 Å². The van der Waals surface area contributed by atoms with Gasteiger partial charge in [0.1, 0.15) is 19.0 Å². The summed E-state index contributed by atoms with van der Waals surface area (Å²) in [5, 5.41) is 0. The summed E-state index contributed by atoms with van der Waals surface area (Å²) >= 11 is 1.32. The maximum atomic E-state index is 12.3. The molecule has 0 unspecified atom stereocenters. The summed E-state index contributed by atoms with van der Waals surface area (Å²) < 4.78 is 16.5. The highest BCUT2D eigenvalue weighted by Crippen LogP contribution is 2.36. The molecule has 0 bridgehead atoms. The van der Waals surface area contributed by atoms with Gasteiger partial charge in [0.05, 0.1) is 4.88 Å². The van der Waals surface area contributed by atoms with Gasteiger partial charge in [-0.2, -0.15) is 0 Å². The summed E-state index contributed by atoms with van der Waals surface area (Å²) in [6, 6.07) is 16.6. The van der Waals surface area contributed by atoms with Crippen molar-refractivity contribution in [3.05, 3.63) is 65.0 Å². The number of rotatable bonds is 5. The molecule has 1 aliphatic rings. The van der Waals surface area contributed by atoms with Crippen molar-refractivity contribution in [2.24, 2.45) is 0 Å². The molecule has 4 rings (SSSR count). The number of fused-ring (bicyclic) bond motifs is 1. The molecule has 8 heteroatoms. The number of hydrazine groups is 1. The second-order valence-corrected chi connectivity index (χ2v) is 7.71. The van der Waals surface area contributed by atoms with Crippen LogP contribution in [0.15, 0.2) is 54.6 Å². The van der Waals surface area contributed by atoms with E-state index >= 15 is 0 Å². The second-order valence-electron chi connectivity index (χ2n) is 6.63. The maximum absolute atomic E-state index is 12.3. The fourth-order valence-electron chi connectivity index (χ4n) is 2.89. The molecule has 7 nitrogen and oxygen atoms in total. The van der Waals surface area contributed by atoms with Crippen molar-refractivity contribution in [1.82, 2.24) is 10.9 Å². The molecule has 0 spiro atoms. The topological polar surface area (TPSA) is 85.9 Å². The first kappa shape index (κ1) is 19.8. The van der Waals surface area contributed by atoms with E-state index in [1.165, 1.54) is 11.3 Å². The van der Waals surface area contributed by atoms with Gasteiger partial charge in [-0.25, -0.2) is 0 Å². The third-order valence-electron chi connectivity index (χ3n) is 4.33. The Labute approximate surface area is 177 Å². The van der Waals surface area contributed by atoms with Gasteiger partial charge in [0.15, 0.2) is 18.1 Å². The van der Waals surface area contributed by atoms with Crippen molar-refractivity contribution in [2.75, 3.05) is 19.8 Å². The standard InChI is InChI=1S/C22H20N2O5S/c1-14-3-2-4-16(11-14)29-13-21(25)23-24-22(26)20-8-7-19(30-20)15-5-6-17-18(12-15)28-10-9-27-17/h2-8,11-12H,9-10,13H2,1H3,(H,23,25)(H,24,26). The summed E-state index contributed by atoms with van der Waals surface area (Å²) in [5.74, 6) is 1.16. The SMILES string of the molecule is Cc1cccc(OCC(=O)NNC(=O)c2ccc(-c3ccc4c(c3)OCCO4)s2)c1. The number of hydrogen-bond acceptors (Lipinski definition) is 6. The van der Waals surface area contributed by atoms with Gasteiger partial charge in [0, 0.05) is 4.88 Å². The molecule has 0 saturated heterocycles. The van der Waals surface area contributed by atoms with Crippen molar-refractivity contribution in [1.29, 1.82) is 0 Å². The van der Waals surface area contributed by atoms with Crippen molar-refractivity contribution in [3.8, 4) is 27.7 Å². The Hall–Kier alpha value is -3.52. The fraction of sp³-hybridized carbons (Fsp3) is 0.182. The highest BCUT2D eigenvalue weighted by molar-refractivity contribution is 7.17. The van der Waals surface area contributed by atoms with Crippen molar-refractivity contribution >= 4 is 23.2 Å². The van der Waals surface area contributed by atoms with Crippen LogP contribution in [-0.2, 0) is 4.79 Å². The summed E-state index contributed by atoms with van der Waals surface area (Å²) in [7, 11) is 0. The summed E-state index contributed by atoms with van der Waals surface area (Å²) in [5.41, 5.74) is 6.74. The van der Waals surface area contributed by atoms with Crippen LogP contribution >= 0.6 is 11.3 Å². The highest BCUT2D eigenvalue weighted by Gasteiger charge is 2.15. The monoisotopic (exact) mass is 424 g/mol. The van der Waals surface area contributed by atoms with E-state index < -0.39 is 11.8 Å². The zero-order chi connectivity index (χ0) is 20.9. The van der Waals surface area contributed by atoms with Gasteiger partial charge in [0.2, 0.25) is 0 Å². The lowest BCUT2D eigenvalue weighted by atomic mass is 10.1. The first-order chi connectivity index (χ1) is 14.6. The molecule has 0 radical (unpaired) electrons. The first-order valence-corrected chi connectivity index (χ1v) is 10.2. The molecule has 154 valence electrons. The van der Waals surface area contributed by atoms with E-state index in [0.29, 0.717) is 29.6 Å². The number of hydrogen-bond donors (Lipinski definition) is 2. The third-order valence-corrected chi connectivity index (χ3v) is 5.46. The summed E-state index contributed by atoms with van der Waals surface area (Å²) in [4.78, 5) is 25.7. The van der Waals surface area contributed by atoms with Gasteiger partial charge < -0.3 is 14.2 Å². The van der Waals surface area contributed by atoms with Crippen LogP contribution in [0.4, 0.5) is 0 Å². The van der Waals surface area contributed by atoms with Gasteiger partial charge >= 0.3 is 0 Å². The number of carbonyl (C=O) groups excluding carboxylic acids is 2. The number of aryl methyl sites for hydroxylation is 1. The zero-order valence-electron chi connectivity index (χ0n) is 16.3. The van der Waals surface area contributed by atoms with E-state index in [4.69, 9.17) is 14.2 Å².